The topological polar surface area (TPSA) is 35.5 Å². The summed E-state index contributed by atoms with van der Waals surface area (Å²) < 4.78 is 47.1. The van der Waals surface area contributed by atoms with Crippen LogP contribution in [0.3, 0.4) is 0 Å². The van der Waals surface area contributed by atoms with Gasteiger partial charge < -0.3 is 9.47 Å². The number of hydrogen-bond acceptors (Lipinski definition) is 3. The maximum absolute atomic E-state index is 12.6. The molecule has 0 fully saturated rings. The number of carbonyl (C=O) groups excluding carboxylic acids is 1. The van der Waals surface area contributed by atoms with E-state index >= 15 is 0 Å². The summed E-state index contributed by atoms with van der Waals surface area (Å²) in [5.41, 5.74) is -0.995. The van der Waals surface area contributed by atoms with Crippen LogP contribution in [0.5, 0.6) is 5.75 Å². The first-order valence-corrected chi connectivity index (χ1v) is 4.66. The third-order valence-electron chi connectivity index (χ3n) is 2.32. The molecule has 0 unspecified atom stereocenters. The first-order valence-electron chi connectivity index (χ1n) is 4.66. The highest BCUT2D eigenvalue weighted by Gasteiger charge is 2.34. The van der Waals surface area contributed by atoms with Crippen molar-refractivity contribution < 1.29 is 27.4 Å². The Kier molecular flexibility index (Phi) is 3.65. The fourth-order valence-corrected chi connectivity index (χ4v) is 1.53. The number of methoxy groups -OCH3 is 2. The van der Waals surface area contributed by atoms with Crippen molar-refractivity contribution in [3.63, 3.8) is 0 Å². The van der Waals surface area contributed by atoms with Crippen molar-refractivity contribution in [3.05, 3.63) is 28.8 Å². The van der Waals surface area contributed by atoms with E-state index in [1.807, 2.05) is 0 Å². The zero-order valence-corrected chi connectivity index (χ0v) is 9.51. The number of hydrogen-bond donors (Lipinski definition) is 0. The first kappa shape index (κ1) is 13.3. The maximum Gasteiger partial charge on any atom is 0.416 e. The minimum atomic E-state index is -4.48. The van der Waals surface area contributed by atoms with Gasteiger partial charge in [0.15, 0.2) is 0 Å². The lowest BCUT2D eigenvalue weighted by atomic mass is 10.0. The van der Waals surface area contributed by atoms with E-state index in [9.17, 15) is 18.0 Å². The van der Waals surface area contributed by atoms with Crippen LogP contribution in [-0.2, 0) is 10.9 Å². The molecule has 0 atom stereocenters. The van der Waals surface area contributed by atoms with Crippen LogP contribution in [-0.4, -0.2) is 20.2 Å². The van der Waals surface area contributed by atoms with Crippen LogP contribution in [0.25, 0.3) is 0 Å². The van der Waals surface area contributed by atoms with E-state index in [1.54, 1.807) is 0 Å². The Labute approximate surface area is 96.1 Å². The van der Waals surface area contributed by atoms with E-state index in [1.165, 1.54) is 14.0 Å². The summed E-state index contributed by atoms with van der Waals surface area (Å²) in [5.74, 6) is -0.856. The van der Waals surface area contributed by atoms with Crippen molar-refractivity contribution in [1.82, 2.24) is 0 Å². The molecular weight excluding hydrogens is 237 g/mol. The fourth-order valence-electron chi connectivity index (χ4n) is 1.53. The van der Waals surface area contributed by atoms with Crippen molar-refractivity contribution in [3.8, 4) is 5.75 Å². The number of rotatable bonds is 2. The highest BCUT2D eigenvalue weighted by molar-refractivity contribution is 5.93. The number of benzene rings is 1. The van der Waals surface area contributed by atoms with E-state index in [4.69, 9.17) is 4.74 Å². The molecular formula is C11H11F3O3. The second kappa shape index (κ2) is 4.65. The standard InChI is InChI=1S/C11H11F3O3/c1-6-8(11(12,13)14)5-4-7(9(6)16-2)10(15)17-3/h4-5H,1-3H3. The molecule has 0 aromatic heterocycles. The third-order valence-corrected chi connectivity index (χ3v) is 2.32. The molecule has 0 aliphatic heterocycles. The Morgan fingerprint density at radius 3 is 2.24 bits per heavy atom. The Bertz CT molecular complexity index is 438. The molecule has 17 heavy (non-hydrogen) atoms. The lowest BCUT2D eigenvalue weighted by Gasteiger charge is -2.15. The summed E-state index contributed by atoms with van der Waals surface area (Å²) in [6.07, 6.45) is -4.48. The van der Waals surface area contributed by atoms with Crippen molar-refractivity contribution in [1.29, 1.82) is 0 Å². The molecule has 0 heterocycles. The lowest BCUT2D eigenvalue weighted by molar-refractivity contribution is -0.138. The Morgan fingerprint density at radius 2 is 1.82 bits per heavy atom. The van der Waals surface area contributed by atoms with Gasteiger partial charge in [0, 0.05) is 5.56 Å². The summed E-state index contributed by atoms with van der Waals surface area (Å²) in [6.45, 7) is 1.24. The molecule has 0 amide bonds. The molecule has 0 saturated carbocycles. The molecule has 0 aliphatic carbocycles. The van der Waals surface area contributed by atoms with Gasteiger partial charge in [-0.05, 0) is 19.1 Å². The number of carbonyl (C=O) groups is 1. The van der Waals surface area contributed by atoms with Gasteiger partial charge in [-0.25, -0.2) is 4.79 Å². The molecule has 0 spiro atoms. The maximum atomic E-state index is 12.6. The average molecular weight is 248 g/mol. The summed E-state index contributed by atoms with van der Waals surface area (Å²) in [5, 5.41) is 0. The number of esters is 1. The number of alkyl halides is 3. The van der Waals surface area contributed by atoms with Gasteiger partial charge in [0.1, 0.15) is 11.3 Å². The van der Waals surface area contributed by atoms with Crippen LogP contribution < -0.4 is 4.74 Å². The third kappa shape index (κ3) is 2.51. The van der Waals surface area contributed by atoms with Crippen LogP contribution >= 0.6 is 0 Å². The predicted molar refractivity (Wildman–Crippen MR) is 54.1 cm³/mol. The van der Waals surface area contributed by atoms with E-state index in [0.29, 0.717) is 0 Å². The zero-order chi connectivity index (χ0) is 13.2. The smallest absolute Gasteiger partial charge is 0.416 e. The molecule has 0 N–H and O–H groups in total. The Balaban J connectivity index is 3.43. The van der Waals surface area contributed by atoms with E-state index in [0.717, 1.165) is 19.2 Å². The summed E-state index contributed by atoms with van der Waals surface area (Å²) in [6, 6.07) is 1.88. The summed E-state index contributed by atoms with van der Waals surface area (Å²) >= 11 is 0. The van der Waals surface area contributed by atoms with Gasteiger partial charge in [0.2, 0.25) is 0 Å². The Hall–Kier alpha value is -1.72. The van der Waals surface area contributed by atoms with Gasteiger partial charge >= 0.3 is 12.1 Å². The van der Waals surface area contributed by atoms with Crippen molar-refractivity contribution in [2.24, 2.45) is 0 Å². The number of halogens is 3. The molecule has 1 aromatic carbocycles. The monoisotopic (exact) mass is 248 g/mol. The highest BCUT2D eigenvalue weighted by atomic mass is 19.4. The molecule has 94 valence electrons. The second-order valence-corrected chi connectivity index (χ2v) is 3.31. The average Bonchev–Trinajstić information content (AvgIpc) is 2.25. The molecule has 0 aliphatic rings. The second-order valence-electron chi connectivity index (χ2n) is 3.31. The van der Waals surface area contributed by atoms with Crippen LogP contribution in [0.4, 0.5) is 13.2 Å². The quantitative estimate of drug-likeness (QED) is 0.755. The zero-order valence-electron chi connectivity index (χ0n) is 9.51. The summed E-state index contributed by atoms with van der Waals surface area (Å²) in [7, 11) is 2.35. The van der Waals surface area contributed by atoms with Crippen LogP contribution in [0.2, 0.25) is 0 Å². The minimum Gasteiger partial charge on any atom is -0.496 e. The van der Waals surface area contributed by atoms with Crippen LogP contribution in [0.15, 0.2) is 12.1 Å². The van der Waals surface area contributed by atoms with Crippen molar-refractivity contribution in [2.45, 2.75) is 13.1 Å². The van der Waals surface area contributed by atoms with E-state index in [2.05, 4.69) is 4.74 Å². The van der Waals surface area contributed by atoms with Crippen LogP contribution in [0.1, 0.15) is 21.5 Å². The van der Waals surface area contributed by atoms with Gasteiger partial charge in [-0.1, -0.05) is 0 Å². The normalized spacial score (nSPS) is 11.2. The molecule has 6 heteroatoms. The highest BCUT2D eigenvalue weighted by Crippen LogP contribution is 2.37. The molecule has 0 bridgehead atoms. The molecule has 3 nitrogen and oxygen atoms in total. The molecule has 0 saturated heterocycles. The molecule has 1 aromatic rings. The molecule has 0 radical (unpaired) electrons. The predicted octanol–water partition coefficient (Wildman–Crippen LogP) is 2.81. The van der Waals surface area contributed by atoms with Crippen molar-refractivity contribution >= 4 is 5.97 Å². The minimum absolute atomic E-state index is 0.0273. The van der Waals surface area contributed by atoms with E-state index < -0.39 is 17.7 Å². The van der Waals surface area contributed by atoms with Crippen LogP contribution in [0, 0.1) is 6.92 Å². The molecule has 1 rings (SSSR count). The fraction of sp³-hybridized carbons (Fsp3) is 0.364. The SMILES string of the molecule is COC(=O)c1ccc(C(F)(F)F)c(C)c1OC. The Morgan fingerprint density at radius 1 is 1.24 bits per heavy atom. The van der Waals surface area contributed by atoms with Gasteiger partial charge in [-0.15, -0.1) is 0 Å². The number of ether oxygens (including phenoxy) is 2. The van der Waals surface area contributed by atoms with Gasteiger partial charge in [0.05, 0.1) is 19.8 Å². The van der Waals surface area contributed by atoms with E-state index in [-0.39, 0.29) is 16.9 Å². The largest absolute Gasteiger partial charge is 0.496 e. The van der Waals surface area contributed by atoms with Gasteiger partial charge in [-0.2, -0.15) is 13.2 Å². The van der Waals surface area contributed by atoms with Gasteiger partial charge in [0.25, 0.3) is 0 Å². The van der Waals surface area contributed by atoms with Gasteiger partial charge in [-0.3, -0.25) is 0 Å². The summed E-state index contributed by atoms with van der Waals surface area (Å²) in [4.78, 5) is 11.3. The first-order chi connectivity index (χ1) is 7.82. The lowest BCUT2D eigenvalue weighted by Crippen LogP contribution is -2.12. The van der Waals surface area contributed by atoms with Crippen molar-refractivity contribution in [2.75, 3.05) is 14.2 Å².